The SMILES string of the molecule is CS/N=C\C1CN(C(=O)[C@@H]2C[C@H]2c2ccccc2-c2c(F)cccc2F)CCC1O. The summed E-state index contributed by atoms with van der Waals surface area (Å²) in [5, 5.41) is 10.2. The number of amides is 1. The Morgan fingerprint density at radius 1 is 1.20 bits per heavy atom. The molecule has 4 rings (SSSR count). The second kappa shape index (κ2) is 8.86. The minimum Gasteiger partial charge on any atom is -0.392 e. The van der Waals surface area contributed by atoms with Gasteiger partial charge in [0.25, 0.3) is 0 Å². The van der Waals surface area contributed by atoms with Crippen LogP contribution in [0.1, 0.15) is 24.3 Å². The fourth-order valence-electron chi connectivity index (χ4n) is 4.30. The lowest BCUT2D eigenvalue weighted by Crippen LogP contribution is -2.47. The number of benzene rings is 2. The Labute approximate surface area is 179 Å². The summed E-state index contributed by atoms with van der Waals surface area (Å²) in [5.74, 6) is -1.60. The Morgan fingerprint density at radius 2 is 1.93 bits per heavy atom. The fraction of sp³-hybridized carbons (Fsp3) is 0.391. The molecular formula is C23H24F2N2O2S. The summed E-state index contributed by atoms with van der Waals surface area (Å²) >= 11 is 1.32. The number of aliphatic hydroxyl groups is 1. The Morgan fingerprint density at radius 3 is 2.67 bits per heavy atom. The standard InChI is InChI=1S/C23H24F2N2O2S/c1-30-26-12-14-13-27(10-9-21(14)28)23(29)18-11-17(18)15-5-2-3-6-16(15)22-19(24)7-4-8-20(22)25/h2-8,12,14,17-18,21,28H,9-11,13H2,1H3/b26-12-/t14?,17-,18+,21?/m0/s1. The van der Waals surface area contributed by atoms with Crippen molar-refractivity contribution in [3.63, 3.8) is 0 Å². The number of piperidine rings is 1. The van der Waals surface area contributed by atoms with E-state index < -0.39 is 17.7 Å². The molecule has 4 nitrogen and oxygen atoms in total. The number of carbonyl (C=O) groups excluding carboxylic acids is 1. The van der Waals surface area contributed by atoms with Gasteiger partial charge in [-0.2, -0.15) is 0 Å². The maximum atomic E-state index is 14.4. The lowest BCUT2D eigenvalue weighted by Gasteiger charge is -2.34. The molecular weight excluding hydrogens is 406 g/mol. The minimum atomic E-state index is -0.605. The third-order valence-corrected chi connectivity index (χ3v) is 6.32. The third kappa shape index (κ3) is 4.14. The molecule has 7 heteroatoms. The Bertz CT molecular complexity index is 948. The smallest absolute Gasteiger partial charge is 0.226 e. The molecule has 2 aromatic carbocycles. The van der Waals surface area contributed by atoms with Crippen LogP contribution in [0.2, 0.25) is 0 Å². The lowest BCUT2D eigenvalue weighted by molar-refractivity contribution is -0.135. The van der Waals surface area contributed by atoms with Gasteiger partial charge in [0.05, 0.1) is 11.7 Å². The number of carbonyl (C=O) groups is 1. The molecule has 1 saturated heterocycles. The summed E-state index contributed by atoms with van der Waals surface area (Å²) in [6, 6.07) is 11.0. The van der Waals surface area contributed by atoms with Gasteiger partial charge in [0.2, 0.25) is 5.91 Å². The number of aliphatic hydroxyl groups excluding tert-OH is 1. The molecule has 4 atom stereocenters. The molecule has 1 aliphatic carbocycles. The highest BCUT2D eigenvalue weighted by Crippen LogP contribution is 2.51. The van der Waals surface area contributed by atoms with Gasteiger partial charge < -0.3 is 10.0 Å². The van der Waals surface area contributed by atoms with Crippen LogP contribution in [0.25, 0.3) is 11.1 Å². The van der Waals surface area contributed by atoms with E-state index >= 15 is 0 Å². The minimum absolute atomic E-state index is 0.0401. The molecule has 2 fully saturated rings. The predicted molar refractivity (Wildman–Crippen MR) is 115 cm³/mol. The van der Waals surface area contributed by atoms with E-state index in [4.69, 9.17) is 0 Å². The molecule has 1 N–H and O–H groups in total. The van der Waals surface area contributed by atoms with Gasteiger partial charge in [0, 0.05) is 37.4 Å². The number of hydrogen-bond acceptors (Lipinski definition) is 4. The average molecular weight is 431 g/mol. The van der Waals surface area contributed by atoms with Gasteiger partial charge in [-0.25, -0.2) is 13.2 Å². The van der Waals surface area contributed by atoms with Crippen LogP contribution in [0.5, 0.6) is 0 Å². The van der Waals surface area contributed by atoms with Gasteiger partial charge >= 0.3 is 0 Å². The summed E-state index contributed by atoms with van der Waals surface area (Å²) in [7, 11) is 0. The van der Waals surface area contributed by atoms with E-state index in [0.717, 1.165) is 5.56 Å². The first kappa shape index (κ1) is 21.0. The Kier molecular flexibility index (Phi) is 6.20. The van der Waals surface area contributed by atoms with Crippen molar-refractivity contribution in [2.45, 2.75) is 24.9 Å². The van der Waals surface area contributed by atoms with Crippen LogP contribution in [-0.4, -0.2) is 47.6 Å². The van der Waals surface area contributed by atoms with Gasteiger partial charge in [-0.1, -0.05) is 30.3 Å². The van der Waals surface area contributed by atoms with Gasteiger partial charge in [0.15, 0.2) is 0 Å². The molecule has 1 saturated carbocycles. The van der Waals surface area contributed by atoms with Crippen molar-refractivity contribution in [3.8, 4) is 11.1 Å². The number of hydrogen-bond donors (Lipinski definition) is 1. The molecule has 0 spiro atoms. The van der Waals surface area contributed by atoms with E-state index in [-0.39, 0.29) is 29.2 Å². The van der Waals surface area contributed by atoms with Crippen molar-refractivity contribution < 1.29 is 18.7 Å². The van der Waals surface area contributed by atoms with Crippen molar-refractivity contribution in [2.24, 2.45) is 16.2 Å². The molecule has 2 aromatic rings. The number of halogens is 2. The molecule has 1 aliphatic heterocycles. The zero-order chi connectivity index (χ0) is 21.3. The van der Waals surface area contributed by atoms with Crippen molar-refractivity contribution in [1.82, 2.24) is 4.90 Å². The highest BCUT2D eigenvalue weighted by molar-refractivity contribution is 7.97. The van der Waals surface area contributed by atoms with E-state index in [0.29, 0.717) is 31.5 Å². The number of likely N-dealkylation sites (tertiary alicyclic amines) is 1. The topological polar surface area (TPSA) is 52.9 Å². The first-order valence-electron chi connectivity index (χ1n) is 10.1. The fourth-order valence-corrected chi connectivity index (χ4v) is 4.58. The van der Waals surface area contributed by atoms with Gasteiger partial charge in [0.1, 0.15) is 11.6 Å². The quantitative estimate of drug-likeness (QED) is 0.569. The predicted octanol–water partition coefficient (Wildman–Crippen LogP) is 4.29. The van der Waals surface area contributed by atoms with Crippen molar-refractivity contribution in [2.75, 3.05) is 19.3 Å². The van der Waals surface area contributed by atoms with E-state index in [2.05, 4.69) is 4.40 Å². The van der Waals surface area contributed by atoms with Gasteiger partial charge in [-0.3, -0.25) is 4.79 Å². The second-order valence-electron chi connectivity index (χ2n) is 7.87. The van der Waals surface area contributed by atoms with E-state index in [1.807, 2.05) is 18.4 Å². The summed E-state index contributed by atoms with van der Waals surface area (Å²) in [6.45, 7) is 0.952. The lowest BCUT2D eigenvalue weighted by atomic mass is 9.94. The summed E-state index contributed by atoms with van der Waals surface area (Å²) in [4.78, 5) is 14.9. The van der Waals surface area contributed by atoms with Crippen LogP contribution in [0.4, 0.5) is 8.78 Å². The monoisotopic (exact) mass is 430 g/mol. The molecule has 1 amide bonds. The normalized spacial score (nSPS) is 26.2. The average Bonchev–Trinajstić information content (AvgIpc) is 3.54. The zero-order valence-electron chi connectivity index (χ0n) is 16.7. The van der Waals surface area contributed by atoms with Crippen molar-refractivity contribution in [3.05, 3.63) is 59.7 Å². The van der Waals surface area contributed by atoms with Crippen LogP contribution in [0.15, 0.2) is 46.9 Å². The largest absolute Gasteiger partial charge is 0.392 e. The van der Waals surface area contributed by atoms with Crippen LogP contribution < -0.4 is 0 Å². The van der Waals surface area contributed by atoms with Crippen molar-refractivity contribution in [1.29, 1.82) is 0 Å². The zero-order valence-corrected chi connectivity index (χ0v) is 17.5. The molecule has 1 heterocycles. The van der Waals surface area contributed by atoms with Crippen LogP contribution >= 0.6 is 11.9 Å². The van der Waals surface area contributed by atoms with Gasteiger partial charge in [-0.15, -0.1) is 0 Å². The second-order valence-corrected chi connectivity index (χ2v) is 8.45. The maximum Gasteiger partial charge on any atom is 0.226 e. The number of rotatable bonds is 5. The van der Waals surface area contributed by atoms with Crippen molar-refractivity contribution >= 4 is 24.1 Å². The maximum absolute atomic E-state index is 14.4. The first-order valence-corrected chi connectivity index (χ1v) is 11.3. The van der Waals surface area contributed by atoms with E-state index in [1.54, 1.807) is 23.2 Å². The van der Waals surface area contributed by atoms with E-state index in [1.165, 1.54) is 30.1 Å². The molecule has 2 aliphatic rings. The summed E-state index contributed by atoms with van der Waals surface area (Å²) in [6.07, 6.45) is 4.25. The van der Waals surface area contributed by atoms with E-state index in [9.17, 15) is 18.7 Å². The molecule has 0 bridgehead atoms. The van der Waals surface area contributed by atoms with Crippen LogP contribution in [0.3, 0.4) is 0 Å². The molecule has 2 unspecified atom stereocenters. The molecule has 30 heavy (non-hydrogen) atoms. The number of nitrogens with zero attached hydrogens (tertiary/aromatic N) is 2. The van der Waals surface area contributed by atoms with Crippen LogP contribution in [-0.2, 0) is 4.79 Å². The van der Waals surface area contributed by atoms with Crippen LogP contribution in [0, 0.1) is 23.5 Å². The summed E-state index contributed by atoms with van der Waals surface area (Å²) < 4.78 is 32.9. The molecule has 0 radical (unpaired) electrons. The third-order valence-electron chi connectivity index (χ3n) is 5.99. The Hall–Kier alpha value is -2.25. The van der Waals surface area contributed by atoms with Gasteiger partial charge in [-0.05, 0) is 54.0 Å². The Balaban J connectivity index is 1.53. The summed E-state index contributed by atoms with van der Waals surface area (Å²) in [5.41, 5.74) is 1.27. The molecule has 158 valence electrons. The highest BCUT2D eigenvalue weighted by Gasteiger charge is 2.47. The first-order chi connectivity index (χ1) is 14.5. The highest BCUT2D eigenvalue weighted by atomic mass is 32.2. The molecule has 0 aromatic heterocycles.